The third-order valence-corrected chi connectivity index (χ3v) is 12.0. The number of rotatable bonds is 2. The first-order valence-electron chi connectivity index (χ1n) is 18.0. The van der Waals surface area contributed by atoms with Crippen molar-refractivity contribution in [3.05, 3.63) is 238 Å². The van der Waals surface area contributed by atoms with Gasteiger partial charge in [0, 0.05) is 0 Å². The molecular weight excluding hydrogens is 627 g/mol. The Kier molecular flexibility index (Phi) is 5.93. The first-order valence-corrected chi connectivity index (χ1v) is 18.0. The first-order chi connectivity index (χ1) is 25.7. The van der Waals surface area contributed by atoms with E-state index in [1.807, 2.05) is 18.2 Å². The van der Waals surface area contributed by atoms with Crippen LogP contribution in [0.4, 0.5) is 0 Å². The minimum Gasteiger partial charge on any atom is -0.192 e. The summed E-state index contributed by atoms with van der Waals surface area (Å²) in [6.45, 7) is 0. The molecule has 0 heterocycles. The van der Waals surface area contributed by atoms with Crippen LogP contribution in [0.5, 0.6) is 0 Å². The Hall–Kier alpha value is -6.75. The third-order valence-electron chi connectivity index (χ3n) is 12.0. The van der Waals surface area contributed by atoms with Crippen molar-refractivity contribution in [3.8, 4) is 50.6 Å². The smallest absolute Gasteiger partial charge is 0.0991 e. The molecule has 240 valence electrons. The maximum Gasteiger partial charge on any atom is 0.0991 e. The van der Waals surface area contributed by atoms with E-state index in [0.717, 1.165) is 16.7 Å². The SMILES string of the molecule is N#Cc1cccc(-c2cccc(-c3ccc4c(c3)C3(c5ccccc5-c5ccccc53)c3ccccc3C43c4ccccc4-c4ccccc43)c2)c1. The van der Waals surface area contributed by atoms with Crippen LogP contribution in [-0.4, -0.2) is 0 Å². The fourth-order valence-corrected chi connectivity index (χ4v) is 10.1. The third kappa shape index (κ3) is 3.56. The van der Waals surface area contributed by atoms with Crippen molar-refractivity contribution < 1.29 is 0 Å². The summed E-state index contributed by atoms with van der Waals surface area (Å²) in [7, 11) is 0. The Morgan fingerprint density at radius 3 is 1.13 bits per heavy atom. The molecule has 0 amide bonds. The molecule has 0 unspecified atom stereocenters. The van der Waals surface area contributed by atoms with E-state index in [9.17, 15) is 5.26 Å². The zero-order valence-corrected chi connectivity index (χ0v) is 28.3. The molecule has 0 fully saturated rings. The van der Waals surface area contributed by atoms with Crippen molar-refractivity contribution >= 4 is 0 Å². The first kappa shape index (κ1) is 29.0. The zero-order valence-electron chi connectivity index (χ0n) is 28.3. The summed E-state index contributed by atoms with van der Waals surface area (Å²) in [5.74, 6) is 0. The fourth-order valence-electron chi connectivity index (χ4n) is 10.1. The Balaban J connectivity index is 1.28. The molecule has 0 bridgehead atoms. The van der Waals surface area contributed by atoms with E-state index in [1.54, 1.807) is 0 Å². The molecular formula is C51H31N. The van der Waals surface area contributed by atoms with Crippen LogP contribution in [-0.2, 0) is 10.8 Å². The van der Waals surface area contributed by atoms with Gasteiger partial charge in [-0.2, -0.15) is 5.26 Å². The number of nitrogens with zero attached hydrogens (tertiary/aromatic N) is 1. The molecule has 0 saturated heterocycles. The predicted molar refractivity (Wildman–Crippen MR) is 210 cm³/mol. The molecule has 0 radical (unpaired) electrons. The number of hydrogen-bond donors (Lipinski definition) is 0. The summed E-state index contributed by atoms with van der Waals surface area (Å²) in [5.41, 5.74) is 20.0. The molecule has 0 N–H and O–H groups in total. The van der Waals surface area contributed by atoms with Gasteiger partial charge in [-0.15, -0.1) is 0 Å². The summed E-state index contributed by atoms with van der Waals surface area (Å²) in [5, 5.41) is 9.62. The predicted octanol–water partition coefficient (Wildman–Crippen LogP) is 11.9. The normalized spacial score (nSPS) is 14.4. The topological polar surface area (TPSA) is 23.8 Å². The van der Waals surface area contributed by atoms with Gasteiger partial charge in [-0.3, -0.25) is 0 Å². The van der Waals surface area contributed by atoms with E-state index < -0.39 is 10.8 Å². The van der Waals surface area contributed by atoms with Gasteiger partial charge in [0.05, 0.1) is 22.5 Å². The second-order valence-corrected chi connectivity index (χ2v) is 14.3. The standard InChI is InChI=1S/C51H31N/c52-32-33-13-11-14-34(29-33)35-15-12-16-36(30-35)37-27-28-48-49(31-37)51(44-23-7-3-19-40(44)41-20-4-8-24-45(41)51)47-26-10-9-25-46(47)50(48)42-21-5-1-17-38(42)39-18-2-6-22-43(39)50/h1-31H. The van der Waals surface area contributed by atoms with E-state index in [4.69, 9.17) is 0 Å². The maximum atomic E-state index is 9.62. The van der Waals surface area contributed by atoms with E-state index in [2.05, 4.69) is 176 Å². The second kappa shape index (κ2) is 10.6. The Bertz CT molecular complexity index is 2740. The molecule has 8 aromatic carbocycles. The van der Waals surface area contributed by atoms with Gasteiger partial charge in [0.2, 0.25) is 0 Å². The van der Waals surface area contributed by atoms with Crippen LogP contribution in [0, 0.1) is 11.3 Å². The highest BCUT2D eigenvalue weighted by Gasteiger charge is 2.58. The molecule has 0 aliphatic heterocycles. The largest absolute Gasteiger partial charge is 0.192 e. The van der Waals surface area contributed by atoms with Crippen molar-refractivity contribution in [1.82, 2.24) is 0 Å². The number of hydrogen-bond acceptors (Lipinski definition) is 1. The lowest BCUT2D eigenvalue weighted by Crippen LogP contribution is -2.43. The average molecular weight is 658 g/mol. The summed E-state index contributed by atoms with van der Waals surface area (Å²) in [4.78, 5) is 0. The van der Waals surface area contributed by atoms with Gasteiger partial charge in [0.1, 0.15) is 0 Å². The van der Waals surface area contributed by atoms with Gasteiger partial charge in [0.25, 0.3) is 0 Å². The molecule has 3 aliphatic carbocycles. The van der Waals surface area contributed by atoms with Crippen molar-refractivity contribution in [2.24, 2.45) is 0 Å². The van der Waals surface area contributed by atoms with E-state index >= 15 is 0 Å². The Labute approximate surface area is 303 Å². The molecule has 2 spiro atoms. The summed E-state index contributed by atoms with van der Waals surface area (Å²) < 4.78 is 0. The van der Waals surface area contributed by atoms with Crippen LogP contribution in [0.3, 0.4) is 0 Å². The van der Waals surface area contributed by atoms with Crippen LogP contribution < -0.4 is 0 Å². The van der Waals surface area contributed by atoms with Crippen molar-refractivity contribution in [2.75, 3.05) is 0 Å². The zero-order chi connectivity index (χ0) is 34.4. The molecule has 0 atom stereocenters. The van der Waals surface area contributed by atoms with E-state index in [0.29, 0.717) is 5.56 Å². The molecule has 1 heteroatoms. The Morgan fingerprint density at radius 2 is 0.654 bits per heavy atom. The lowest BCUT2D eigenvalue weighted by molar-refractivity contribution is 0.633. The van der Waals surface area contributed by atoms with Crippen molar-refractivity contribution in [2.45, 2.75) is 10.8 Å². The highest BCUT2D eigenvalue weighted by atomic mass is 14.6. The van der Waals surface area contributed by atoms with E-state index in [1.165, 1.54) is 72.3 Å². The highest BCUT2D eigenvalue weighted by Crippen LogP contribution is 2.67. The molecule has 0 aromatic heterocycles. The molecule has 8 aromatic rings. The fraction of sp³-hybridized carbons (Fsp3) is 0.0392. The van der Waals surface area contributed by atoms with Crippen LogP contribution in [0.15, 0.2) is 188 Å². The van der Waals surface area contributed by atoms with Gasteiger partial charge in [-0.1, -0.05) is 164 Å². The number of benzene rings is 8. The molecule has 3 aliphatic rings. The minimum absolute atomic E-state index is 0.491. The number of nitriles is 1. The van der Waals surface area contributed by atoms with Crippen LogP contribution in [0.25, 0.3) is 44.5 Å². The summed E-state index contributed by atoms with van der Waals surface area (Å²) in [6.07, 6.45) is 0. The lowest BCUT2D eigenvalue weighted by Gasteiger charge is -2.49. The average Bonchev–Trinajstić information content (AvgIpc) is 3.69. The van der Waals surface area contributed by atoms with E-state index in [-0.39, 0.29) is 0 Å². The van der Waals surface area contributed by atoms with Crippen LogP contribution in [0.1, 0.15) is 50.1 Å². The van der Waals surface area contributed by atoms with Gasteiger partial charge >= 0.3 is 0 Å². The molecule has 52 heavy (non-hydrogen) atoms. The summed E-state index contributed by atoms with van der Waals surface area (Å²) >= 11 is 0. The highest BCUT2D eigenvalue weighted by molar-refractivity contribution is 5.94. The van der Waals surface area contributed by atoms with Gasteiger partial charge in [-0.05, 0) is 113 Å². The summed E-state index contributed by atoms with van der Waals surface area (Å²) in [6, 6.07) is 71.7. The van der Waals surface area contributed by atoms with Gasteiger partial charge < -0.3 is 0 Å². The minimum atomic E-state index is -0.522. The van der Waals surface area contributed by atoms with Crippen LogP contribution in [0.2, 0.25) is 0 Å². The molecule has 11 rings (SSSR count). The monoisotopic (exact) mass is 657 g/mol. The van der Waals surface area contributed by atoms with Gasteiger partial charge in [-0.25, -0.2) is 0 Å². The van der Waals surface area contributed by atoms with Crippen LogP contribution >= 0.6 is 0 Å². The van der Waals surface area contributed by atoms with Gasteiger partial charge in [0.15, 0.2) is 0 Å². The number of fused-ring (bicyclic) bond motifs is 16. The maximum absolute atomic E-state index is 9.62. The lowest BCUT2D eigenvalue weighted by atomic mass is 9.52. The van der Waals surface area contributed by atoms with Crippen molar-refractivity contribution in [1.29, 1.82) is 5.26 Å². The quantitative estimate of drug-likeness (QED) is 0.181. The second-order valence-electron chi connectivity index (χ2n) is 14.3. The molecule has 0 saturated carbocycles. The molecule has 1 nitrogen and oxygen atoms in total. The Morgan fingerprint density at radius 1 is 0.288 bits per heavy atom. The van der Waals surface area contributed by atoms with Crippen molar-refractivity contribution in [3.63, 3.8) is 0 Å².